The van der Waals surface area contributed by atoms with Crippen LogP contribution in [-0.2, 0) is 14.3 Å². The van der Waals surface area contributed by atoms with E-state index in [0.717, 1.165) is 38.7 Å². The van der Waals surface area contributed by atoms with Gasteiger partial charge in [0.2, 0.25) is 0 Å². The Balaban J connectivity index is 1.83. The number of hydrogen-bond acceptors (Lipinski definition) is 4. The third kappa shape index (κ3) is 3.72. The molecule has 0 saturated carbocycles. The monoisotopic (exact) mass is 272 g/mol. The van der Waals surface area contributed by atoms with E-state index in [2.05, 4.69) is 6.92 Å². The van der Waals surface area contributed by atoms with Crippen LogP contribution in [0.2, 0.25) is 0 Å². The maximum Gasteiger partial charge on any atom is 0.161 e. The van der Waals surface area contributed by atoms with Crippen LogP contribution in [0.15, 0.2) is 0 Å². The number of Topliss-reactive ketones (excluding diaryl/α,β-unsaturated/α-hetero) is 1. The van der Waals surface area contributed by atoms with Gasteiger partial charge >= 0.3 is 0 Å². The fourth-order valence-corrected chi connectivity index (χ4v) is 4.07. The van der Waals surface area contributed by atoms with Gasteiger partial charge in [-0.15, -0.1) is 0 Å². The van der Waals surface area contributed by atoms with Crippen LogP contribution in [0.25, 0.3) is 0 Å². The summed E-state index contributed by atoms with van der Waals surface area (Å²) in [5.74, 6) is 2.79. The summed E-state index contributed by atoms with van der Waals surface area (Å²) < 4.78 is 11.4. The van der Waals surface area contributed by atoms with E-state index in [0.29, 0.717) is 13.2 Å². The Morgan fingerprint density at radius 1 is 1.44 bits per heavy atom. The van der Waals surface area contributed by atoms with E-state index in [1.807, 2.05) is 11.8 Å². The second-order valence-electron chi connectivity index (χ2n) is 5.35. The zero-order chi connectivity index (χ0) is 12.8. The molecular weight excluding hydrogens is 248 g/mol. The predicted octanol–water partition coefficient (Wildman–Crippen LogP) is 2.67. The van der Waals surface area contributed by atoms with Gasteiger partial charge in [-0.25, -0.2) is 0 Å². The molecule has 0 aromatic carbocycles. The molecular formula is C14H24O3S. The van der Waals surface area contributed by atoms with Crippen molar-refractivity contribution in [2.75, 3.05) is 31.3 Å². The van der Waals surface area contributed by atoms with Crippen LogP contribution in [0.5, 0.6) is 0 Å². The molecule has 0 N–H and O–H groups in total. The lowest BCUT2D eigenvalue weighted by atomic mass is 9.80. The molecule has 2 heterocycles. The summed E-state index contributed by atoms with van der Waals surface area (Å²) in [5.41, 5.74) is 0.00851. The quantitative estimate of drug-likeness (QED) is 0.721. The number of hydrogen-bond donors (Lipinski definition) is 0. The summed E-state index contributed by atoms with van der Waals surface area (Å²) in [4.78, 5) is 12.1. The van der Waals surface area contributed by atoms with Crippen LogP contribution < -0.4 is 0 Å². The molecule has 0 aromatic heterocycles. The molecule has 0 radical (unpaired) electrons. The first kappa shape index (κ1) is 14.4. The van der Waals surface area contributed by atoms with Crippen LogP contribution in [-0.4, -0.2) is 42.7 Å². The van der Waals surface area contributed by atoms with Crippen molar-refractivity contribution in [3.8, 4) is 0 Å². The summed E-state index contributed by atoms with van der Waals surface area (Å²) in [5, 5.41) is 0. The fourth-order valence-electron chi connectivity index (χ4n) is 2.83. The summed E-state index contributed by atoms with van der Waals surface area (Å²) in [6, 6.07) is 0. The van der Waals surface area contributed by atoms with Gasteiger partial charge in [-0.05, 0) is 43.6 Å². The van der Waals surface area contributed by atoms with Crippen molar-refractivity contribution in [3.63, 3.8) is 0 Å². The summed E-state index contributed by atoms with van der Waals surface area (Å²) in [6.07, 6.45) is 4.99. The van der Waals surface area contributed by atoms with Crippen LogP contribution in [0.4, 0.5) is 0 Å². The third-order valence-corrected chi connectivity index (χ3v) is 4.93. The molecule has 2 saturated heterocycles. The van der Waals surface area contributed by atoms with Crippen LogP contribution in [0.3, 0.4) is 0 Å². The Hall–Kier alpha value is -0.0600. The van der Waals surface area contributed by atoms with E-state index in [9.17, 15) is 4.79 Å². The number of rotatable bonds is 5. The van der Waals surface area contributed by atoms with E-state index in [1.165, 1.54) is 11.5 Å². The van der Waals surface area contributed by atoms with E-state index in [1.54, 1.807) is 0 Å². The first-order valence-corrected chi connectivity index (χ1v) is 8.23. The van der Waals surface area contributed by atoms with Crippen molar-refractivity contribution < 1.29 is 14.3 Å². The average molecular weight is 272 g/mol. The summed E-state index contributed by atoms with van der Waals surface area (Å²) in [6.45, 7) is 3.79. The molecule has 0 amide bonds. The minimum absolute atomic E-state index is 0.00851. The van der Waals surface area contributed by atoms with E-state index in [4.69, 9.17) is 9.47 Å². The molecule has 0 aliphatic carbocycles. The predicted molar refractivity (Wildman–Crippen MR) is 74.1 cm³/mol. The Labute approximate surface area is 114 Å². The molecule has 0 aromatic rings. The minimum Gasteiger partial charge on any atom is -0.375 e. The van der Waals surface area contributed by atoms with Gasteiger partial charge in [-0.3, -0.25) is 4.79 Å². The van der Waals surface area contributed by atoms with Gasteiger partial charge in [-0.2, -0.15) is 11.8 Å². The normalized spacial score (nSPS) is 27.3. The second kappa shape index (κ2) is 6.92. The highest BCUT2D eigenvalue weighted by Gasteiger charge is 2.40. The molecule has 18 heavy (non-hydrogen) atoms. The van der Waals surface area contributed by atoms with Gasteiger partial charge < -0.3 is 9.47 Å². The van der Waals surface area contributed by atoms with Crippen molar-refractivity contribution in [2.45, 2.75) is 44.6 Å². The molecule has 1 spiro atoms. The highest BCUT2D eigenvalue weighted by atomic mass is 32.2. The van der Waals surface area contributed by atoms with E-state index in [-0.39, 0.29) is 17.3 Å². The topological polar surface area (TPSA) is 35.5 Å². The lowest BCUT2D eigenvalue weighted by molar-refractivity contribution is -0.142. The van der Waals surface area contributed by atoms with Gasteiger partial charge in [0.1, 0.15) is 6.61 Å². The van der Waals surface area contributed by atoms with Gasteiger partial charge in [0.15, 0.2) is 5.78 Å². The molecule has 4 heteroatoms. The lowest BCUT2D eigenvalue weighted by Gasteiger charge is -2.42. The highest BCUT2D eigenvalue weighted by Crippen LogP contribution is 2.39. The van der Waals surface area contributed by atoms with Crippen molar-refractivity contribution >= 4 is 17.5 Å². The maximum absolute atomic E-state index is 12.1. The first-order valence-electron chi connectivity index (χ1n) is 7.08. The summed E-state index contributed by atoms with van der Waals surface area (Å²) >= 11 is 2.00. The third-order valence-electron chi connectivity index (χ3n) is 3.95. The Bertz CT molecular complexity index is 269. The molecule has 1 unspecified atom stereocenters. The number of carbonyl (C=O) groups excluding carboxylic acids is 1. The molecule has 104 valence electrons. The Morgan fingerprint density at radius 2 is 2.22 bits per heavy atom. The van der Waals surface area contributed by atoms with Gasteiger partial charge in [-0.1, -0.05) is 6.92 Å². The maximum atomic E-state index is 12.1. The highest BCUT2D eigenvalue weighted by molar-refractivity contribution is 7.99. The molecule has 2 fully saturated rings. The zero-order valence-electron chi connectivity index (χ0n) is 11.3. The van der Waals surface area contributed by atoms with Crippen molar-refractivity contribution in [3.05, 3.63) is 0 Å². The first-order chi connectivity index (χ1) is 8.76. The van der Waals surface area contributed by atoms with Crippen molar-refractivity contribution in [1.82, 2.24) is 0 Å². The van der Waals surface area contributed by atoms with Gasteiger partial charge in [0, 0.05) is 19.1 Å². The smallest absolute Gasteiger partial charge is 0.161 e. The summed E-state index contributed by atoms with van der Waals surface area (Å²) in [7, 11) is 0. The molecule has 0 bridgehead atoms. The Kier molecular flexibility index (Phi) is 5.52. The van der Waals surface area contributed by atoms with Crippen LogP contribution in [0, 0.1) is 5.92 Å². The largest absolute Gasteiger partial charge is 0.375 e. The molecule has 2 rings (SSSR count). The number of ether oxygens (including phenoxy) is 2. The fraction of sp³-hybridized carbons (Fsp3) is 0.929. The van der Waals surface area contributed by atoms with Crippen molar-refractivity contribution in [1.29, 1.82) is 0 Å². The second-order valence-corrected chi connectivity index (χ2v) is 6.58. The van der Waals surface area contributed by atoms with Gasteiger partial charge in [0.05, 0.1) is 5.60 Å². The SMILES string of the molecule is CCCOCC(=O)C1CCOC2(CCSCC2)C1. The molecule has 2 aliphatic heterocycles. The van der Waals surface area contributed by atoms with Gasteiger partial charge in [0.25, 0.3) is 0 Å². The van der Waals surface area contributed by atoms with Crippen LogP contribution >= 0.6 is 11.8 Å². The minimum atomic E-state index is 0.00851. The van der Waals surface area contributed by atoms with Crippen LogP contribution in [0.1, 0.15) is 39.0 Å². The molecule has 2 aliphatic rings. The van der Waals surface area contributed by atoms with E-state index >= 15 is 0 Å². The zero-order valence-corrected chi connectivity index (χ0v) is 12.1. The van der Waals surface area contributed by atoms with Crippen molar-refractivity contribution in [2.24, 2.45) is 5.92 Å². The standard InChI is InChI=1S/C14H24O3S/c1-2-6-16-11-13(15)12-3-7-17-14(10-12)4-8-18-9-5-14/h12H,2-11H2,1H3. The Morgan fingerprint density at radius 3 is 2.94 bits per heavy atom. The lowest BCUT2D eigenvalue weighted by Crippen LogP contribution is -2.45. The number of ketones is 1. The van der Waals surface area contributed by atoms with E-state index < -0.39 is 0 Å². The average Bonchev–Trinajstić information content (AvgIpc) is 2.40. The molecule has 1 atom stereocenters. The number of thioether (sulfide) groups is 1. The molecule has 3 nitrogen and oxygen atoms in total. The number of carbonyl (C=O) groups is 1.